The molecule has 1 aliphatic carbocycles. The number of para-hydroxylation sites is 1. The van der Waals surface area contributed by atoms with Crippen LogP contribution < -0.4 is 5.32 Å². The molecule has 1 aromatic heterocycles. The molecule has 1 saturated heterocycles. The van der Waals surface area contributed by atoms with E-state index in [1.165, 1.54) is 4.90 Å². The molecule has 1 aromatic carbocycles. The summed E-state index contributed by atoms with van der Waals surface area (Å²) in [6.07, 6.45) is 3.41. The number of nitrogens with one attached hydrogen (secondary N) is 1. The second-order valence-electron chi connectivity index (χ2n) is 9.98. The minimum absolute atomic E-state index is 0.0103. The van der Waals surface area contributed by atoms with Gasteiger partial charge in [-0.05, 0) is 63.1 Å². The van der Waals surface area contributed by atoms with Crippen LogP contribution in [0.2, 0.25) is 0 Å². The number of carbonyl (C=O) groups excluding carboxylic acids is 2. The minimum atomic E-state index is -0.710. The lowest BCUT2D eigenvalue weighted by atomic mass is 9.67. The van der Waals surface area contributed by atoms with Crippen LogP contribution in [0.5, 0.6) is 0 Å². The zero-order valence-corrected chi connectivity index (χ0v) is 19.4. The lowest BCUT2D eigenvalue weighted by Gasteiger charge is -2.40. The maximum atomic E-state index is 13.3. The Balaban J connectivity index is 1.44. The van der Waals surface area contributed by atoms with E-state index >= 15 is 0 Å². The zero-order valence-electron chi connectivity index (χ0n) is 18.6. The molecule has 1 aliphatic heterocycles. The van der Waals surface area contributed by atoms with Crippen molar-refractivity contribution in [3.8, 4) is 0 Å². The number of hydrogen-bond acceptors (Lipinski definition) is 5. The second kappa shape index (κ2) is 7.61. The molecular formula is C23H32N4O2S. The van der Waals surface area contributed by atoms with E-state index in [1.54, 1.807) is 11.3 Å². The highest BCUT2D eigenvalue weighted by Crippen LogP contribution is 2.43. The van der Waals surface area contributed by atoms with Gasteiger partial charge in [-0.15, -0.1) is 11.3 Å². The normalized spacial score (nSPS) is 26.1. The Kier molecular flexibility index (Phi) is 5.39. The van der Waals surface area contributed by atoms with Crippen molar-refractivity contribution in [3.05, 3.63) is 29.3 Å². The summed E-state index contributed by atoms with van der Waals surface area (Å²) in [4.78, 5) is 34.2. The fourth-order valence-corrected chi connectivity index (χ4v) is 5.81. The number of fused-ring (bicyclic) bond motifs is 1. The van der Waals surface area contributed by atoms with E-state index in [2.05, 4.69) is 39.1 Å². The van der Waals surface area contributed by atoms with Crippen molar-refractivity contribution in [2.24, 2.45) is 11.3 Å². The second-order valence-corrected chi connectivity index (χ2v) is 11.0. The fourth-order valence-electron chi connectivity index (χ4n) is 4.72. The monoisotopic (exact) mass is 428 g/mol. The molecule has 6 nitrogen and oxygen atoms in total. The Morgan fingerprint density at radius 2 is 1.93 bits per heavy atom. The lowest BCUT2D eigenvalue weighted by molar-refractivity contribution is -0.134. The van der Waals surface area contributed by atoms with Crippen molar-refractivity contribution in [2.45, 2.75) is 65.0 Å². The molecule has 4 rings (SSSR count). The number of nitrogens with zero attached hydrogens (tertiary/aromatic N) is 3. The Bertz CT molecular complexity index is 923. The van der Waals surface area contributed by atoms with Crippen LogP contribution in [0.25, 0.3) is 10.2 Å². The molecule has 2 aliphatic rings. The number of carbonyl (C=O) groups is 2. The third-order valence-electron chi connectivity index (χ3n) is 7.00. The highest BCUT2D eigenvalue weighted by Gasteiger charge is 2.53. The van der Waals surface area contributed by atoms with E-state index in [1.807, 2.05) is 30.1 Å². The molecule has 0 bridgehead atoms. The van der Waals surface area contributed by atoms with Crippen LogP contribution in [-0.2, 0) is 4.79 Å². The predicted octanol–water partition coefficient (Wildman–Crippen LogP) is 4.77. The number of urea groups is 1. The first-order chi connectivity index (χ1) is 14.1. The Labute approximate surface area is 182 Å². The Morgan fingerprint density at radius 1 is 1.27 bits per heavy atom. The van der Waals surface area contributed by atoms with Crippen molar-refractivity contribution in [1.82, 2.24) is 20.1 Å². The summed E-state index contributed by atoms with van der Waals surface area (Å²) >= 11 is 1.66. The largest absolute Gasteiger partial charge is 0.326 e. The third-order valence-corrected chi connectivity index (χ3v) is 8.21. The van der Waals surface area contributed by atoms with Crippen molar-refractivity contribution >= 4 is 33.5 Å². The Morgan fingerprint density at radius 3 is 2.57 bits per heavy atom. The predicted molar refractivity (Wildman–Crippen MR) is 120 cm³/mol. The molecular weight excluding hydrogens is 396 g/mol. The molecule has 7 heteroatoms. The average molecular weight is 429 g/mol. The van der Waals surface area contributed by atoms with Crippen LogP contribution in [0.15, 0.2) is 24.3 Å². The van der Waals surface area contributed by atoms with E-state index < -0.39 is 5.54 Å². The summed E-state index contributed by atoms with van der Waals surface area (Å²) in [6.45, 7) is 9.12. The summed E-state index contributed by atoms with van der Waals surface area (Å²) < 4.78 is 1.15. The molecule has 2 fully saturated rings. The standard InChI is InChI=1S/C23H32N4O2S/c1-15(19-24-17-8-6-7-9-18(17)30-19)26(5)14-27-20(28)23(25-21(27)29)12-10-16(11-13-23)22(2,3)4/h6-9,15-16H,10-14H2,1-5H3,(H,25,29). The molecule has 2 aromatic rings. The van der Waals surface area contributed by atoms with Gasteiger partial charge in [0, 0.05) is 0 Å². The topological polar surface area (TPSA) is 65.5 Å². The van der Waals surface area contributed by atoms with Crippen molar-refractivity contribution < 1.29 is 9.59 Å². The lowest BCUT2D eigenvalue weighted by Crippen LogP contribution is -2.51. The van der Waals surface area contributed by atoms with Gasteiger partial charge in [0.15, 0.2) is 0 Å². The quantitative estimate of drug-likeness (QED) is 0.712. The molecule has 3 amide bonds. The maximum Gasteiger partial charge on any atom is 0.326 e. The summed E-state index contributed by atoms with van der Waals surface area (Å²) in [6, 6.07) is 7.82. The number of aromatic nitrogens is 1. The fraction of sp³-hybridized carbons (Fsp3) is 0.609. The van der Waals surface area contributed by atoms with Gasteiger partial charge in [0.2, 0.25) is 0 Å². The van der Waals surface area contributed by atoms with Crippen LogP contribution in [0.4, 0.5) is 4.79 Å². The van der Waals surface area contributed by atoms with Crippen molar-refractivity contribution in [3.63, 3.8) is 0 Å². The Hall–Kier alpha value is -1.99. The molecule has 1 unspecified atom stereocenters. The average Bonchev–Trinajstić information content (AvgIpc) is 3.22. The van der Waals surface area contributed by atoms with Gasteiger partial charge in [0.1, 0.15) is 10.5 Å². The van der Waals surface area contributed by atoms with E-state index in [9.17, 15) is 9.59 Å². The van der Waals surface area contributed by atoms with E-state index in [0.717, 1.165) is 40.9 Å². The van der Waals surface area contributed by atoms with Gasteiger partial charge in [-0.1, -0.05) is 32.9 Å². The molecule has 162 valence electrons. The van der Waals surface area contributed by atoms with E-state index in [0.29, 0.717) is 5.92 Å². The summed E-state index contributed by atoms with van der Waals surface area (Å²) in [5, 5.41) is 4.04. The molecule has 30 heavy (non-hydrogen) atoms. The first kappa shape index (κ1) is 21.2. The highest BCUT2D eigenvalue weighted by atomic mass is 32.1. The molecule has 2 heterocycles. The minimum Gasteiger partial charge on any atom is -0.323 e. The van der Waals surface area contributed by atoms with Crippen LogP contribution in [0.3, 0.4) is 0 Å². The number of benzene rings is 1. The summed E-state index contributed by atoms with van der Waals surface area (Å²) in [7, 11) is 1.94. The zero-order chi connectivity index (χ0) is 21.7. The molecule has 1 N–H and O–H groups in total. The van der Waals surface area contributed by atoms with Gasteiger partial charge in [-0.2, -0.15) is 0 Å². The maximum absolute atomic E-state index is 13.3. The number of thiazole rings is 1. The van der Waals surface area contributed by atoms with Crippen molar-refractivity contribution in [2.75, 3.05) is 13.7 Å². The van der Waals surface area contributed by atoms with Gasteiger partial charge in [-0.25, -0.2) is 14.7 Å². The third kappa shape index (κ3) is 3.73. The molecule has 1 saturated carbocycles. The van der Waals surface area contributed by atoms with Gasteiger partial charge >= 0.3 is 6.03 Å². The van der Waals surface area contributed by atoms with E-state index in [-0.39, 0.29) is 30.1 Å². The van der Waals surface area contributed by atoms with Gasteiger partial charge < -0.3 is 5.32 Å². The number of imide groups is 1. The number of hydrogen-bond donors (Lipinski definition) is 1. The summed E-state index contributed by atoms with van der Waals surface area (Å²) in [5.74, 6) is 0.520. The van der Waals surface area contributed by atoms with Crippen LogP contribution in [0, 0.1) is 11.3 Å². The SMILES string of the molecule is CC(c1nc2ccccc2s1)N(C)CN1C(=O)NC2(CCC(C(C)(C)C)CC2)C1=O. The molecule has 0 radical (unpaired) electrons. The number of amides is 3. The first-order valence-electron chi connectivity index (χ1n) is 10.8. The van der Waals surface area contributed by atoms with E-state index in [4.69, 9.17) is 4.98 Å². The first-order valence-corrected chi connectivity index (χ1v) is 11.6. The van der Waals surface area contributed by atoms with Crippen LogP contribution in [-0.4, -0.2) is 46.0 Å². The van der Waals surface area contributed by atoms with Gasteiger partial charge in [-0.3, -0.25) is 9.69 Å². The van der Waals surface area contributed by atoms with Crippen LogP contribution >= 0.6 is 11.3 Å². The van der Waals surface area contributed by atoms with Crippen molar-refractivity contribution in [1.29, 1.82) is 0 Å². The van der Waals surface area contributed by atoms with Gasteiger partial charge in [0.05, 0.1) is 22.9 Å². The highest BCUT2D eigenvalue weighted by molar-refractivity contribution is 7.18. The number of rotatable bonds is 4. The summed E-state index contributed by atoms with van der Waals surface area (Å²) in [5.41, 5.74) is 0.515. The van der Waals surface area contributed by atoms with Gasteiger partial charge in [0.25, 0.3) is 5.91 Å². The smallest absolute Gasteiger partial charge is 0.323 e. The molecule has 1 spiro atoms. The molecule has 1 atom stereocenters. The van der Waals surface area contributed by atoms with Crippen LogP contribution in [0.1, 0.15) is 64.4 Å².